The van der Waals surface area contributed by atoms with Crippen LogP contribution in [0.3, 0.4) is 0 Å². The number of amidine groups is 1. The fourth-order valence-electron chi connectivity index (χ4n) is 2.19. The summed E-state index contributed by atoms with van der Waals surface area (Å²) in [6.07, 6.45) is 0.720. The lowest BCUT2D eigenvalue weighted by Crippen LogP contribution is -2.24. The molecule has 1 aliphatic heterocycles. The highest BCUT2D eigenvalue weighted by Gasteiger charge is 2.32. The van der Waals surface area contributed by atoms with Crippen LogP contribution in [0.15, 0.2) is 34.8 Å². The molecule has 0 bridgehead atoms. The number of sulfonamides is 1. The predicted molar refractivity (Wildman–Crippen MR) is 84.5 cm³/mol. The number of nitrogens with zero attached hydrogens (tertiary/aromatic N) is 1. The topological polar surface area (TPSA) is 67.8 Å². The van der Waals surface area contributed by atoms with Crippen molar-refractivity contribution in [2.24, 2.45) is 4.99 Å². The van der Waals surface area contributed by atoms with Crippen LogP contribution in [0.4, 0.5) is 4.39 Å². The van der Waals surface area contributed by atoms with Crippen LogP contribution in [-0.4, -0.2) is 34.0 Å². The summed E-state index contributed by atoms with van der Waals surface area (Å²) in [6, 6.07) is 5.38. The van der Waals surface area contributed by atoms with Crippen molar-refractivity contribution in [2.45, 2.75) is 20.3 Å². The van der Waals surface area contributed by atoms with Crippen LogP contribution in [0.25, 0.3) is 4.91 Å². The summed E-state index contributed by atoms with van der Waals surface area (Å²) in [6.45, 7) is 5.33. The van der Waals surface area contributed by atoms with E-state index in [1.165, 1.54) is 24.3 Å². The second kappa shape index (κ2) is 7.02. The lowest BCUT2D eigenvalue weighted by atomic mass is 10.1. The number of nitrogens with one attached hydrogen (secondary N) is 1. The minimum absolute atomic E-state index is 0.149. The molecule has 0 saturated carbocycles. The highest BCUT2D eigenvalue weighted by Crippen LogP contribution is 2.29. The van der Waals surface area contributed by atoms with Crippen molar-refractivity contribution in [3.63, 3.8) is 0 Å². The second-order valence-corrected chi connectivity index (χ2v) is 6.47. The highest BCUT2D eigenvalue weighted by atomic mass is 32.2. The van der Waals surface area contributed by atoms with Gasteiger partial charge in [0, 0.05) is 25.3 Å². The molecule has 1 aliphatic rings. The average Bonchev–Trinajstić information content (AvgIpc) is 2.70. The minimum Gasteiger partial charge on any atom is -0.382 e. The summed E-state index contributed by atoms with van der Waals surface area (Å²) in [4.78, 5) is 4.43. The molecule has 0 aromatic heterocycles. The van der Waals surface area contributed by atoms with Crippen molar-refractivity contribution in [1.82, 2.24) is 4.72 Å². The molecule has 0 radical (unpaired) electrons. The van der Waals surface area contributed by atoms with Gasteiger partial charge in [-0.1, -0.05) is 12.1 Å². The minimum atomic E-state index is -3.65. The Morgan fingerprint density at radius 2 is 1.95 bits per heavy atom. The van der Waals surface area contributed by atoms with E-state index in [1.54, 1.807) is 6.92 Å². The lowest BCUT2D eigenvalue weighted by Gasteiger charge is -2.02. The van der Waals surface area contributed by atoms with E-state index >= 15 is 0 Å². The molecule has 0 spiro atoms. The Bertz CT molecular complexity index is 694. The van der Waals surface area contributed by atoms with Crippen LogP contribution in [0.2, 0.25) is 0 Å². The van der Waals surface area contributed by atoms with Gasteiger partial charge in [-0.3, -0.25) is 9.71 Å². The summed E-state index contributed by atoms with van der Waals surface area (Å²) >= 11 is 0. The zero-order valence-electron chi connectivity index (χ0n) is 12.6. The third-order valence-electron chi connectivity index (χ3n) is 3.22. The number of benzene rings is 1. The Labute approximate surface area is 130 Å². The Hall–Kier alpha value is -1.73. The van der Waals surface area contributed by atoms with Crippen molar-refractivity contribution < 1.29 is 17.5 Å². The lowest BCUT2D eigenvalue weighted by molar-refractivity contribution is 0.146. The second-order valence-electron chi connectivity index (χ2n) is 4.85. The molecule has 0 saturated heterocycles. The number of hydrogen-bond acceptors (Lipinski definition) is 4. The molecule has 1 aromatic carbocycles. The van der Waals surface area contributed by atoms with Crippen molar-refractivity contribution in [3.8, 4) is 0 Å². The number of aliphatic imine (C=N–C) groups is 1. The number of ether oxygens (including phenoxy) is 1. The highest BCUT2D eigenvalue weighted by molar-refractivity contribution is 8.00. The summed E-state index contributed by atoms with van der Waals surface area (Å²) < 4.78 is 45.1. The molecular weight excluding hydrogens is 307 g/mol. The molecule has 0 fully saturated rings. The molecule has 22 heavy (non-hydrogen) atoms. The Morgan fingerprint density at radius 1 is 1.27 bits per heavy atom. The van der Waals surface area contributed by atoms with Gasteiger partial charge in [0.1, 0.15) is 16.6 Å². The number of hydrogen-bond donors (Lipinski definition) is 1. The molecule has 5 nitrogen and oxygen atoms in total. The van der Waals surface area contributed by atoms with Crippen LogP contribution < -0.4 is 4.72 Å². The van der Waals surface area contributed by atoms with Crippen molar-refractivity contribution in [1.29, 1.82) is 0 Å². The first-order chi connectivity index (χ1) is 10.5. The Balaban J connectivity index is 2.23. The van der Waals surface area contributed by atoms with E-state index < -0.39 is 15.8 Å². The molecule has 7 heteroatoms. The summed E-state index contributed by atoms with van der Waals surface area (Å²) in [5, 5.41) is 0. The van der Waals surface area contributed by atoms with Crippen LogP contribution in [-0.2, 0) is 14.8 Å². The van der Waals surface area contributed by atoms with Crippen LogP contribution in [0.1, 0.15) is 25.8 Å². The smallest absolute Gasteiger partial charge is 0.264 e. The van der Waals surface area contributed by atoms with Crippen molar-refractivity contribution in [2.75, 3.05) is 19.8 Å². The monoisotopic (exact) mass is 326 g/mol. The molecule has 0 unspecified atom stereocenters. The Kier molecular flexibility index (Phi) is 5.31. The van der Waals surface area contributed by atoms with E-state index in [0.29, 0.717) is 36.7 Å². The molecule has 0 amide bonds. The van der Waals surface area contributed by atoms with Gasteiger partial charge in [0.15, 0.2) is 0 Å². The van der Waals surface area contributed by atoms with Crippen LogP contribution in [0.5, 0.6) is 0 Å². The summed E-state index contributed by atoms with van der Waals surface area (Å²) in [7, 11) is -3.65. The third-order valence-corrected chi connectivity index (χ3v) is 4.76. The van der Waals surface area contributed by atoms with E-state index in [4.69, 9.17) is 4.74 Å². The van der Waals surface area contributed by atoms with Gasteiger partial charge in [0.25, 0.3) is 10.0 Å². The SMILES string of the molecule is CCOCCCN=C1NS(=O)(=O)C(c2ccc(F)cc2)=C1C. The van der Waals surface area contributed by atoms with Gasteiger partial charge >= 0.3 is 0 Å². The zero-order valence-corrected chi connectivity index (χ0v) is 13.4. The molecule has 1 aromatic rings. The van der Waals surface area contributed by atoms with E-state index in [1.807, 2.05) is 6.92 Å². The normalized spacial score (nSPS) is 18.8. The zero-order chi connectivity index (χ0) is 16.2. The van der Waals surface area contributed by atoms with Crippen LogP contribution in [0, 0.1) is 5.82 Å². The predicted octanol–water partition coefficient (Wildman–Crippen LogP) is 2.31. The molecule has 1 N–H and O–H groups in total. The average molecular weight is 326 g/mol. The van der Waals surface area contributed by atoms with Crippen LogP contribution >= 0.6 is 0 Å². The largest absolute Gasteiger partial charge is 0.382 e. The molecule has 2 rings (SSSR count). The standard InChI is InChI=1S/C15H19FN2O3S/c1-3-21-10-4-9-17-15-11(2)14(22(19,20)18-15)12-5-7-13(16)8-6-12/h5-8H,3-4,9-10H2,1-2H3,(H,17,18). The molecule has 0 aliphatic carbocycles. The van der Waals surface area contributed by atoms with Gasteiger partial charge in [-0.05, 0) is 38.0 Å². The van der Waals surface area contributed by atoms with Gasteiger partial charge in [0.2, 0.25) is 0 Å². The maximum atomic E-state index is 13.0. The fourth-order valence-corrected chi connectivity index (χ4v) is 3.71. The molecule has 120 valence electrons. The van der Waals surface area contributed by atoms with Crippen molar-refractivity contribution >= 4 is 20.8 Å². The van der Waals surface area contributed by atoms with E-state index in [0.717, 1.165) is 6.42 Å². The summed E-state index contributed by atoms with van der Waals surface area (Å²) in [5.74, 6) is -0.0639. The fraction of sp³-hybridized carbons (Fsp3) is 0.400. The maximum absolute atomic E-state index is 13.0. The maximum Gasteiger partial charge on any atom is 0.264 e. The first kappa shape index (κ1) is 16.6. The summed E-state index contributed by atoms with van der Waals surface area (Å²) in [5.41, 5.74) is 0.994. The van der Waals surface area contributed by atoms with Gasteiger partial charge in [0.05, 0.1) is 0 Å². The Morgan fingerprint density at radius 3 is 2.59 bits per heavy atom. The third kappa shape index (κ3) is 3.72. The molecular formula is C15H19FN2O3S. The van der Waals surface area contributed by atoms with Gasteiger partial charge in [-0.15, -0.1) is 0 Å². The number of halogens is 1. The van der Waals surface area contributed by atoms with E-state index in [2.05, 4.69) is 9.71 Å². The van der Waals surface area contributed by atoms with Gasteiger partial charge < -0.3 is 4.74 Å². The van der Waals surface area contributed by atoms with Crippen molar-refractivity contribution in [3.05, 3.63) is 41.2 Å². The number of rotatable bonds is 6. The first-order valence-electron chi connectivity index (χ1n) is 7.08. The van der Waals surface area contributed by atoms with E-state index in [9.17, 15) is 12.8 Å². The molecule has 0 atom stereocenters. The van der Waals surface area contributed by atoms with Gasteiger partial charge in [-0.2, -0.15) is 0 Å². The van der Waals surface area contributed by atoms with E-state index in [-0.39, 0.29) is 4.91 Å². The quantitative estimate of drug-likeness (QED) is 0.816. The molecule has 1 heterocycles. The van der Waals surface area contributed by atoms with Gasteiger partial charge in [-0.25, -0.2) is 12.8 Å². The first-order valence-corrected chi connectivity index (χ1v) is 8.56.